The Bertz CT molecular complexity index is 555. The van der Waals surface area contributed by atoms with Crippen molar-refractivity contribution in [3.63, 3.8) is 0 Å². The van der Waals surface area contributed by atoms with Crippen molar-refractivity contribution in [1.29, 1.82) is 0 Å². The van der Waals surface area contributed by atoms with E-state index in [9.17, 15) is 9.59 Å². The molecule has 1 aromatic heterocycles. The zero-order valence-corrected chi connectivity index (χ0v) is 9.95. The Balaban J connectivity index is 1.84. The maximum atomic E-state index is 11.5. The second-order valence-corrected chi connectivity index (χ2v) is 3.60. The molecule has 6 heteroatoms. The number of nitrogens with zero attached hydrogens (tertiary/aromatic N) is 2. The van der Waals surface area contributed by atoms with Gasteiger partial charge in [0.15, 0.2) is 6.61 Å². The molecule has 0 bridgehead atoms. The molecule has 6 nitrogen and oxygen atoms in total. The van der Waals surface area contributed by atoms with Crippen molar-refractivity contribution in [1.82, 2.24) is 9.97 Å². The molecule has 0 radical (unpaired) electrons. The van der Waals surface area contributed by atoms with Crippen molar-refractivity contribution in [3.05, 3.63) is 48.3 Å². The predicted molar refractivity (Wildman–Crippen MR) is 68.0 cm³/mol. The lowest BCUT2D eigenvalue weighted by Gasteiger charge is -2.06. The highest BCUT2D eigenvalue weighted by Gasteiger charge is 2.04. The van der Waals surface area contributed by atoms with Gasteiger partial charge in [-0.05, 0) is 30.3 Å². The van der Waals surface area contributed by atoms with Crippen molar-refractivity contribution in [2.75, 3.05) is 11.9 Å². The van der Waals surface area contributed by atoms with Crippen LogP contribution in [0.5, 0.6) is 5.75 Å². The van der Waals surface area contributed by atoms with Crippen molar-refractivity contribution in [3.8, 4) is 5.75 Å². The maximum absolute atomic E-state index is 11.5. The first-order valence-electron chi connectivity index (χ1n) is 5.53. The van der Waals surface area contributed by atoms with E-state index in [0.717, 1.165) is 6.29 Å². The van der Waals surface area contributed by atoms with Crippen LogP contribution in [-0.2, 0) is 4.79 Å². The molecule has 2 aromatic rings. The highest BCUT2D eigenvalue weighted by molar-refractivity contribution is 5.90. The number of ether oxygens (including phenoxy) is 1. The first-order valence-corrected chi connectivity index (χ1v) is 5.53. The Morgan fingerprint density at radius 1 is 1.21 bits per heavy atom. The summed E-state index contributed by atoms with van der Waals surface area (Å²) in [6.07, 6.45) is 3.80. The molecule has 19 heavy (non-hydrogen) atoms. The summed E-state index contributed by atoms with van der Waals surface area (Å²) in [6.45, 7) is -0.154. The number of aldehydes is 1. The molecule has 2 rings (SSSR count). The average molecular weight is 257 g/mol. The Morgan fingerprint density at radius 2 is 1.89 bits per heavy atom. The van der Waals surface area contributed by atoms with Crippen molar-refractivity contribution >= 4 is 18.1 Å². The molecule has 0 unspecified atom stereocenters. The molecule has 0 atom stereocenters. The SMILES string of the molecule is O=Cc1ccc(OCC(=O)Nc2ncccn2)cc1. The summed E-state index contributed by atoms with van der Waals surface area (Å²) >= 11 is 0. The summed E-state index contributed by atoms with van der Waals surface area (Å²) in [5, 5.41) is 2.49. The Labute approximate surface area is 109 Å². The quantitative estimate of drug-likeness (QED) is 0.817. The van der Waals surface area contributed by atoms with Crippen LogP contribution in [0.1, 0.15) is 10.4 Å². The third-order valence-electron chi connectivity index (χ3n) is 2.20. The van der Waals surface area contributed by atoms with Crippen LogP contribution < -0.4 is 10.1 Å². The number of nitrogens with one attached hydrogen (secondary N) is 1. The number of carbonyl (C=O) groups is 2. The first-order chi connectivity index (χ1) is 9.28. The van der Waals surface area contributed by atoms with E-state index in [-0.39, 0.29) is 18.5 Å². The van der Waals surface area contributed by atoms with Gasteiger partial charge in [-0.25, -0.2) is 9.97 Å². The van der Waals surface area contributed by atoms with Gasteiger partial charge in [-0.15, -0.1) is 0 Å². The summed E-state index contributed by atoms with van der Waals surface area (Å²) in [7, 11) is 0. The van der Waals surface area contributed by atoms with Crippen LogP contribution in [0, 0.1) is 0 Å². The number of hydrogen-bond donors (Lipinski definition) is 1. The van der Waals surface area contributed by atoms with Gasteiger partial charge in [0, 0.05) is 18.0 Å². The minimum Gasteiger partial charge on any atom is -0.484 e. The Morgan fingerprint density at radius 3 is 2.53 bits per heavy atom. The fourth-order valence-corrected chi connectivity index (χ4v) is 1.32. The van der Waals surface area contributed by atoms with E-state index < -0.39 is 0 Å². The van der Waals surface area contributed by atoms with Gasteiger partial charge in [-0.2, -0.15) is 0 Å². The standard InChI is InChI=1S/C13H11N3O3/c17-8-10-2-4-11(5-3-10)19-9-12(18)16-13-14-6-1-7-15-13/h1-8H,9H2,(H,14,15,16,18). The van der Waals surface area contributed by atoms with Crippen molar-refractivity contribution in [2.24, 2.45) is 0 Å². The smallest absolute Gasteiger partial charge is 0.264 e. The van der Waals surface area contributed by atoms with Gasteiger partial charge in [-0.3, -0.25) is 14.9 Å². The molecule has 1 N–H and O–H groups in total. The molecular weight excluding hydrogens is 246 g/mol. The number of benzene rings is 1. The van der Waals surface area contributed by atoms with Crippen LogP contribution in [0.4, 0.5) is 5.95 Å². The number of aromatic nitrogens is 2. The van der Waals surface area contributed by atoms with Gasteiger partial charge in [0.1, 0.15) is 12.0 Å². The highest BCUT2D eigenvalue weighted by Crippen LogP contribution is 2.10. The van der Waals surface area contributed by atoms with E-state index in [1.165, 1.54) is 12.4 Å². The zero-order valence-electron chi connectivity index (χ0n) is 9.95. The van der Waals surface area contributed by atoms with E-state index in [1.54, 1.807) is 30.3 Å². The number of anilines is 1. The highest BCUT2D eigenvalue weighted by atomic mass is 16.5. The normalized spacial score (nSPS) is 9.68. The fourth-order valence-electron chi connectivity index (χ4n) is 1.32. The molecule has 0 saturated carbocycles. The van der Waals surface area contributed by atoms with Gasteiger partial charge >= 0.3 is 0 Å². The molecule has 1 aromatic carbocycles. The number of amides is 1. The molecule has 1 amide bonds. The molecule has 0 aliphatic heterocycles. The van der Waals surface area contributed by atoms with Crippen molar-refractivity contribution in [2.45, 2.75) is 0 Å². The van der Waals surface area contributed by atoms with Gasteiger partial charge in [-0.1, -0.05) is 0 Å². The lowest BCUT2D eigenvalue weighted by atomic mass is 10.2. The molecule has 0 fully saturated rings. The minimum absolute atomic E-state index is 0.154. The molecule has 0 aliphatic carbocycles. The van der Waals surface area contributed by atoms with Crippen LogP contribution in [0.3, 0.4) is 0 Å². The van der Waals surface area contributed by atoms with E-state index in [0.29, 0.717) is 11.3 Å². The lowest BCUT2D eigenvalue weighted by molar-refractivity contribution is -0.118. The molecule has 1 heterocycles. The number of hydrogen-bond acceptors (Lipinski definition) is 5. The number of rotatable bonds is 5. The molecule has 0 spiro atoms. The van der Waals surface area contributed by atoms with Gasteiger partial charge in [0.25, 0.3) is 5.91 Å². The molecule has 0 saturated heterocycles. The second kappa shape index (κ2) is 6.25. The summed E-state index contributed by atoms with van der Waals surface area (Å²) in [6, 6.07) is 8.12. The Hall–Kier alpha value is -2.76. The topological polar surface area (TPSA) is 81.2 Å². The predicted octanol–water partition coefficient (Wildman–Crippen LogP) is 1.31. The van der Waals surface area contributed by atoms with Crippen LogP contribution >= 0.6 is 0 Å². The van der Waals surface area contributed by atoms with Gasteiger partial charge < -0.3 is 4.74 Å². The van der Waals surface area contributed by atoms with Gasteiger partial charge in [0.2, 0.25) is 5.95 Å². The van der Waals surface area contributed by atoms with Crippen molar-refractivity contribution < 1.29 is 14.3 Å². The fraction of sp³-hybridized carbons (Fsp3) is 0.0769. The number of carbonyl (C=O) groups excluding carboxylic acids is 2. The molecule has 96 valence electrons. The van der Waals surface area contributed by atoms with E-state index >= 15 is 0 Å². The minimum atomic E-state index is -0.356. The largest absolute Gasteiger partial charge is 0.484 e. The molecule has 0 aliphatic rings. The zero-order chi connectivity index (χ0) is 13.5. The summed E-state index contributed by atoms with van der Waals surface area (Å²) in [5.41, 5.74) is 0.550. The lowest BCUT2D eigenvalue weighted by Crippen LogP contribution is -2.21. The second-order valence-electron chi connectivity index (χ2n) is 3.60. The van der Waals surface area contributed by atoms with Crippen LogP contribution in [-0.4, -0.2) is 28.8 Å². The molecular formula is C13H11N3O3. The van der Waals surface area contributed by atoms with E-state index in [1.807, 2.05) is 0 Å². The van der Waals surface area contributed by atoms with E-state index in [4.69, 9.17) is 4.74 Å². The summed E-state index contributed by atoms with van der Waals surface area (Å²) in [5.74, 6) is 0.382. The third-order valence-corrected chi connectivity index (χ3v) is 2.20. The monoisotopic (exact) mass is 257 g/mol. The van der Waals surface area contributed by atoms with Crippen LogP contribution in [0.25, 0.3) is 0 Å². The van der Waals surface area contributed by atoms with E-state index in [2.05, 4.69) is 15.3 Å². The average Bonchev–Trinajstić information content (AvgIpc) is 2.47. The first kappa shape index (κ1) is 12.7. The summed E-state index contributed by atoms with van der Waals surface area (Å²) < 4.78 is 5.26. The Kier molecular flexibility index (Phi) is 4.17. The van der Waals surface area contributed by atoms with Crippen LogP contribution in [0.15, 0.2) is 42.7 Å². The summed E-state index contributed by atoms with van der Waals surface area (Å²) in [4.78, 5) is 29.7. The maximum Gasteiger partial charge on any atom is 0.264 e. The van der Waals surface area contributed by atoms with Gasteiger partial charge in [0.05, 0.1) is 0 Å². The third kappa shape index (κ3) is 3.88. The van der Waals surface area contributed by atoms with Crippen LogP contribution in [0.2, 0.25) is 0 Å².